The molecule has 2 aliphatic rings. The van der Waals surface area contributed by atoms with Crippen molar-refractivity contribution in [3.05, 3.63) is 23.5 Å². The number of carbonyl (C=O) groups is 1. The standard InChI is InChI=1S/C19H26N4O3/c1-13-10-20-17-16(13)15(12-21-18(17)23-4-8-26-9-5-23)19(24)22-11-14-2-6-25-7-3-14/h10,12,14,20H,2-9,11H2,1H3,(H,22,24). The number of anilines is 1. The molecular weight excluding hydrogens is 332 g/mol. The van der Waals surface area contributed by atoms with E-state index < -0.39 is 0 Å². The van der Waals surface area contributed by atoms with Gasteiger partial charge in [-0.15, -0.1) is 0 Å². The summed E-state index contributed by atoms with van der Waals surface area (Å²) in [6, 6.07) is 0. The Bertz CT molecular complexity index is 776. The largest absolute Gasteiger partial charge is 0.381 e. The summed E-state index contributed by atoms with van der Waals surface area (Å²) in [5.74, 6) is 1.35. The summed E-state index contributed by atoms with van der Waals surface area (Å²) < 4.78 is 10.8. The average molecular weight is 358 g/mol. The molecule has 7 nitrogen and oxygen atoms in total. The molecule has 0 aliphatic carbocycles. The smallest absolute Gasteiger partial charge is 0.253 e. The van der Waals surface area contributed by atoms with Crippen molar-refractivity contribution in [1.29, 1.82) is 0 Å². The fourth-order valence-corrected chi connectivity index (χ4v) is 3.77. The lowest BCUT2D eigenvalue weighted by molar-refractivity contribution is 0.0643. The van der Waals surface area contributed by atoms with E-state index >= 15 is 0 Å². The van der Waals surface area contributed by atoms with Crippen molar-refractivity contribution in [3.63, 3.8) is 0 Å². The molecule has 0 radical (unpaired) electrons. The highest BCUT2D eigenvalue weighted by molar-refractivity contribution is 6.09. The molecule has 0 spiro atoms. The third kappa shape index (κ3) is 3.41. The van der Waals surface area contributed by atoms with Gasteiger partial charge in [0.25, 0.3) is 5.91 Å². The Morgan fingerprint density at radius 1 is 1.27 bits per heavy atom. The minimum atomic E-state index is -0.0507. The molecule has 0 atom stereocenters. The fourth-order valence-electron chi connectivity index (χ4n) is 3.77. The molecule has 4 rings (SSSR count). The third-order valence-electron chi connectivity index (χ3n) is 5.33. The molecule has 26 heavy (non-hydrogen) atoms. The molecule has 1 amide bonds. The van der Waals surface area contributed by atoms with E-state index in [0.717, 1.165) is 61.4 Å². The highest BCUT2D eigenvalue weighted by Gasteiger charge is 2.22. The SMILES string of the molecule is Cc1c[nH]c2c(N3CCOCC3)ncc(C(=O)NCC3CCOCC3)c12. The molecule has 0 aromatic carbocycles. The number of aryl methyl sites for hydroxylation is 1. The summed E-state index contributed by atoms with van der Waals surface area (Å²) in [5.41, 5.74) is 2.64. The van der Waals surface area contributed by atoms with Crippen LogP contribution in [0.2, 0.25) is 0 Å². The summed E-state index contributed by atoms with van der Waals surface area (Å²) in [6.45, 7) is 7.34. The van der Waals surface area contributed by atoms with E-state index in [9.17, 15) is 4.79 Å². The molecule has 2 aliphatic heterocycles. The Morgan fingerprint density at radius 3 is 2.77 bits per heavy atom. The van der Waals surface area contributed by atoms with Crippen LogP contribution in [0.25, 0.3) is 10.9 Å². The van der Waals surface area contributed by atoms with E-state index in [-0.39, 0.29) is 5.91 Å². The van der Waals surface area contributed by atoms with Crippen molar-refractivity contribution in [3.8, 4) is 0 Å². The lowest BCUT2D eigenvalue weighted by Crippen LogP contribution is -2.37. The van der Waals surface area contributed by atoms with Crippen LogP contribution in [0, 0.1) is 12.8 Å². The number of pyridine rings is 1. The van der Waals surface area contributed by atoms with Crippen LogP contribution in [-0.4, -0.2) is 61.9 Å². The zero-order valence-corrected chi connectivity index (χ0v) is 15.2. The second-order valence-corrected chi connectivity index (χ2v) is 7.08. The molecule has 0 bridgehead atoms. The van der Waals surface area contributed by atoms with Crippen molar-refractivity contribution in [2.75, 3.05) is 51.0 Å². The monoisotopic (exact) mass is 358 g/mol. The number of amides is 1. The predicted octanol–water partition coefficient (Wildman–Crippen LogP) is 1.86. The van der Waals surface area contributed by atoms with E-state index in [1.165, 1.54) is 0 Å². The van der Waals surface area contributed by atoms with Crippen LogP contribution in [0.15, 0.2) is 12.4 Å². The van der Waals surface area contributed by atoms with Crippen molar-refractivity contribution in [2.24, 2.45) is 5.92 Å². The van der Waals surface area contributed by atoms with E-state index in [2.05, 4.69) is 20.2 Å². The molecule has 140 valence electrons. The second kappa shape index (κ2) is 7.63. The Labute approximate surface area is 153 Å². The first-order chi connectivity index (χ1) is 12.7. The number of fused-ring (bicyclic) bond motifs is 1. The zero-order valence-electron chi connectivity index (χ0n) is 15.2. The summed E-state index contributed by atoms with van der Waals surface area (Å²) in [4.78, 5) is 23.0. The van der Waals surface area contributed by atoms with Gasteiger partial charge in [0.15, 0.2) is 5.82 Å². The summed E-state index contributed by atoms with van der Waals surface area (Å²) in [7, 11) is 0. The Kier molecular flexibility index (Phi) is 5.08. The van der Waals surface area contributed by atoms with Gasteiger partial charge in [0.2, 0.25) is 0 Å². The quantitative estimate of drug-likeness (QED) is 0.872. The van der Waals surface area contributed by atoms with Crippen molar-refractivity contribution in [2.45, 2.75) is 19.8 Å². The van der Waals surface area contributed by atoms with Crippen LogP contribution >= 0.6 is 0 Å². The highest BCUT2D eigenvalue weighted by atomic mass is 16.5. The molecule has 0 unspecified atom stereocenters. The number of hydrogen-bond acceptors (Lipinski definition) is 5. The normalized spacial score (nSPS) is 19.0. The number of aromatic nitrogens is 2. The summed E-state index contributed by atoms with van der Waals surface area (Å²) in [6.07, 6.45) is 5.68. The lowest BCUT2D eigenvalue weighted by Gasteiger charge is -2.28. The van der Waals surface area contributed by atoms with E-state index in [4.69, 9.17) is 9.47 Å². The minimum absolute atomic E-state index is 0.0507. The number of rotatable bonds is 4. The van der Waals surface area contributed by atoms with Crippen molar-refractivity contribution >= 4 is 22.6 Å². The zero-order chi connectivity index (χ0) is 17.9. The molecule has 2 fully saturated rings. The molecule has 7 heteroatoms. The predicted molar refractivity (Wildman–Crippen MR) is 99.7 cm³/mol. The molecular formula is C19H26N4O3. The Morgan fingerprint density at radius 2 is 2.00 bits per heavy atom. The summed E-state index contributed by atoms with van der Waals surface area (Å²) in [5, 5.41) is 4.06. The van der Waals surface area contributed by atoms with Gasteiger partial charge in [-0.1, -0.05) is 0 Å². The van der Waals surface area contributed by atoms with E-state index in [0.29, 0.717) is 31.2 Å². The lowest BCUT2D eigenvalue weighted by atomic mass is 10.00. The van der Waals surface area contributed by atoms with Crippen LogP contribution in [0.3, 0.4) is 0 Å². The van der Waals surface area contributed by atoms with Crippen LogP contribution < -0.4 is 10.2 Å². The van der Waals surface area contributed by atoms with Crippen LogP contribution in [0.1, 0.15) is 28.8 Å². The molecule has 2 aromatic heterocycles. The van der Waals surface area contributed by atoms with Crippen molar-refractivity contribution in [1.82, 2.24) is 15.3 Å². The maximum Gasteiger partial charge on any atom is 0.253 e. The van der Waals surface area contributed by atoms with Crippen LogP contribution in [0.5, 0.6) is 0 Å². The number of nitrogens with zero attached hydrogens (tertiary/aromatic N) is 2. The van der Waals surface area contributed by atoms with Crippen LogP contribution in [-0.2, 0) is 9.47 Å². The molecule has 2 saturated heterocycles. The first-order valence-corrected chi connectivity index (χ1v) is 9.39. The number of carbonyl (C=O) groups excluding carboxylic acids is 1. The highest BCUT2D eigenvalue weighted by Crippen LogP contribution is 2.29. The van der Waals surface area contributed by atoms with E-state index in [1.807, 2.05) is 13.1 Å². The fraction of sp³-hybridized carbons (Fsp3) is 0.579. The number of H-pyrrole nitrogens is 1. The number of hydrogen-bond donors (Lipinski definition) is 2. The summed E-state index contributed by atoms with van der Waals surface area (Å²) >= 11 is 0. The van der Waals surface area contributed by atoms with Gasteiger partial charge in [0, 0.05) is 50.6 Å². The van der Waals surface area contributed by atoms with Gasteiger partial charge < -0.3 is 24.7 Å². The number of nitrogens with one attached hydrogen (secondary N) is 2. The number of aromatic amines is 1. The van der Waals surface area contributed by atoms with Gasteiger partial charge in [0.05, 0.1) is 24.3 Å². The number of morpholine rings is 1. The van der Waals surface area contributed by atoms with Gasteiger partial charge in [-0.3, -0.25) is 4.79 Å². The molecule has 2 aromatic rings. The van der Waals surface area contributed by atoms with E-state index in [1.54, 1.807) is 6.20 Å². The molecule has 0 saturated carbocycles. The van der Waals surface area contributed by atoms with Gasteiger partial charge in [-0.25, -0.2) is 4.98 Å². The van der Waals surface area contributed by atoms with Crippen LogP contribution in [0.4, 0.5) is 5.82 Å². The molecule has 2 N–H and O–H groups in total. The first kappa shape index (κ1) is 17.3. The molecule has 4 heterocycles. The van der Waals surface area contributed by atoms with Crippen molar-refractivity contribution < 1.29 is 14.3 Å². The minimum Gasteiger partial charge on any atom is -0.381 e. The Balaban J connectivity index is 1.57. The maximum atomic E-state index is 12.8. The number of ether oxygens (including phenoxy) is 2. The third-order valence-corrected chi connectivity index (χ3v) is 5.33. The van der Waals surface area contributed by atoms with Gasteiger partial charge in [-0.2, -0.15) is 0 Å². The first-order valence-electron chi connectivity index (χ1n) is 9.39. The second-order valence-electron chi connectivity index (χ2n) is 7.08. The van der Waals surface area contributed by atoms with Gasteiger partial charge >= 0.3 is 0 Å². The van der Waals surface area contributed by atoms with Gasteiger partial charge in [0.1, 0.15) is 0 Å². The maximum absolute atomic E-state index is 12.8. The topological polar surface area (TPSA) is 79.5 Å². The average Bonchev–Trinajstić information content (AvgIpc) is 3.09. The van der Waals surface area contributed by atoms with Gasteiger partial charge in [-0.05, 0) is 31.2 Å². The Hall–Kier alpha value is -2.12.